The number of rotatable bonds is 3. The third kappa shape index (κ3) is 2.69. The summed E-state index contributed by atoms with van der Waals surface area (Å²) in [6.45, 7) is 8.47. The van der Waals surface area contributed by atoms with Crippen molar-refractivity contribution in [3.63, 3.8) is 0 Å². The maximum atomic E-state index is 3.95. The Hall–Kier alpha value is -0.780. The van der Waals surface area contributed by atoms with Crippen molar-refractivity contribution in [2.24, 2.45) is 5.41 Å². The lowest BCUT2D eigenvalue weighted by Crippen LogP contribution is -2.13. The summed E-state index contributed by atoms with van der Waals surface area (Å²) >= 11 is 0. The summed E-state index contributed by atoms with van der Waals surface area (Å²) < 4.78 is 0. The van der Waals surface area contributed by atoms with Gasteiger partial charge in [-0.15, -0.1) is 0 Å². The van der Waals surface area contributed by atoms with Gasteiger partial charge in [0.05, 0.1) is 0 Å². The molecule has 0 aliphatic carbocycles. The highest BCUT2D eigenvalue weighted by molar-refractivity contribution is 5.16. The SMILES string of the molecule is [CH2]CC(C)(C)Cc1ccccc1. The van der Waals surface area contributed by atoms with Crippen LogP contribution in [0.5, 0.6) is 0 Å². The molecule has 0 atom stereocenters. The fourth-order valence-corrected chi connectivity index (χ4v) is 1.24. The van der Waals surface area contributed by atoms with Gasteiger partial charge in [0.15, 0.2) is 0 Å². The Kier molecular flexibility index (Phi) is 2.91. The largest absolute Gasteiger partial charge is 0.0622 e. The normalized spacial score (nSPS) is 11.6. The van der Waals surface area contributed by atoms with Crippen molar-refractivity contribution in [2.75, 3.05) is 0 Å². The molecule has 0 spiro atoms. The van der Waals surface area contributed by atoms with Crippen molar-refractivity contribution in [2.45, 2.75) is 26.7 Å². The van der Waals surface area contributed by atoms with Crippen molar-refractivity contribution in [3.8, 4) is 0 Å². The first-order valence-corrected chi connectivity index (χ1v) is 4.47. The molecule has 0 saturated carbocycles. The predicted octanol–water partition coefficient (Wildman–Crippen LogP) is 3.48. The third-order valence-corrected chi connectivity index (χ3v) is 2.20. The molecule has 0 heteroatoms. The van der Waals surface area contributed by atoms with Crippen LogP contribution >= 0.6 is 0 Å². The lowest BCUT2D eigenvalue weighted by molar-refractivity contribution is 0.367. The molecule has 0 amide bonds. The van der Waals surface area contributed by atoms with Crippen LogP contribution in [0.15, 0.2) is 30.3 Å². The topological polar surface area (TPSA) is 0 Å². The van der Waals surface area contributed by atoms with Crippen LogP contribution in [-0.4, -0.2) is 0 Å². The summed E-state index contributed by atoms with van der Waals surface area (Å²) in [5, 5.41) is 0. The van der Waals surface area contributed by atoms with Crippen LogP contribution in [-0.2, 0) is 6.42 Å². The van der Waals surface area contributed by atoms with Gasteiger partial charge < -0.3 is 0 Å². The second-order valence-electron chi connectivity index (χ2n) is 4.08. The van der Waals surface area contributed by atoms with Gasteiger partial charge in [-0.1, -0.05) is 51.1 Å². The minimum atomic E-state index is 0.335. The van der Waals surface area contributed by atoms with E-state index in [9.17, 15) is 0 Å². The van der Waals surface area contributed by atoms with Crippen LogP contribution in [0.3, 0.4) is 0 Å². The maximum absolute atomic E-state index is 3.95. The average molecular weight is 161 g/mol. The monoisotopic (exact) mass is 161 g/mol. The molecule has 0 heterocycles. The standard InChI is InChI=1S/C12H17/c1-4-12(2,3)10-11-8-6-5-7-9-11/h5-9H,1,4,10H2,2-3H3. The van der Waals surface area contributed by atoms with Gasteiger partial charge in [0.25, 0.3) is 0 Å². The molecule has 0 nitrogen and oxygen atoms in total. The third-order valence-electron chi connectivity index (χ3n) is 2.20. The summed E-state index contributed by atoms with van der Waals surface area (Å²) in [6.07, 6.45) is 2.11. The summed E-state index contributed by atoms with van der Waals surface area (Å²) in [5.41, 5.74) is 1.74. The van der Waals surface area contributed by atoms with Crippen molar-refractivity contribution in [1.29, 1.82) is 0 Å². The van der Waals surface area contributed by atoms with E-state index in [0.29, 0.717) is 5.41 Å². The first-order valence-electron chi connectivity index (χ1n) is 4.47. The van der Waals surface area contributed by atoms with Gasteiger partial charge in [0, 0.05) is 0 Å². The van der Waals surface area contributed by atoms with Crippen LogP contribution in [0.4, 0.5) is 0 Å². The van der Waals surface area contributed by atoms with Gasteiger partial charge in [-0.3, -0.25) is 0 Å². The lowest BCUT2D eigenvalue weighted by Gasteiger charge is -2.22. The summed E-state index contributed by atoms with van der Waals surface area (Å²) in [7, 11) is 0. The Morgan fingerprint density at radius 1 is 1.17 bits per heavy atom. The zero-order chi connectivity index (χ0) is 9.03. The Bertz CT molecular complexity index is 221. The molecule has 0 unspecified atom stereocenters. The second kappa shape index (κ2) is 3.75. The van der Waals surface area contributed by atoms with Gasteiger partial charge in [0.1, 0.15) is 0 Å². The Labute approximate surface area is 75.6 Å². The fourth-order valence-electron chi connectivity index (χ4n) is 1.24. The molecule has 1 aromatic carbocycles. The summed E-state index contributed by atoms with van der Waals surface area (Å²) in [4.78, 5) is 0. The quantitative estimate of drug-likeness (QED) is 0.636. The number of hydrogen-bond acceptors (Lipinski definition) is 0. The Morgan fingerprint density at radius 2 is 1.75 bits per heavy atom. The minimum Gasteiger partial charge on any atom is -0.0622 e. The van der Waals surface area contributed by atoms with Crippen LogP contribution in [0.2, 0.25) is 0 Å². The molecule has 12 heavy (non-hydrogen) atoms. The Morgan fingerprint density at radius 3 is 2.25 bits per heavy atom. The fraction of sp³-hybridized carbons (Fsp3) is 0.417. The first-order chi connectivity index (χ1) is 5.64. The van der Waals surface area contributed by atoms with Gasteiger partial charge in [-0.05, 0) is 23.8 Å². The van der Waals surface area contributed by atoms with Gasteiger partial charge in [-0.2, -0.15) is 0 Å². The average Bonchev–Trinajstić information content (AvgIpc) is 2.06. The molecule has 1 aromatic rings. The smallest absolute Gasteiger partial charge is 0.0227 e. The van der Waals surface area contributed by atoms with E-state index >= 15 is 0 Å². The van der Waals surface area contributed by atoms with E-state index in [4.69, 9.17) is 0 Å². The molecule has 0 saturated heterocycles. The molecule has 0 fully saturated rings. The molecule has 0 bridgehead atoms. The second-order valence-corrected chi connectivity index (χ2v) is 4.08. The van der Waals surface area contributed by atoms with E-state index in [-0.39, 0.29) is 0 Å². The Balaban J connectivity index is 2.64. The van der Waals surface area contributed by atoms with Gasteiger partial charge >= 0.3 is 0 Å². The maximum Gasteiger partial charge on any atom is -0.0227 e. The van der Waals surface area contributed by atoms with E-state index < -0.39 is 0 Å². The van der Waals surface area contributed by atoms with Crippen molar-refractivity contribution in [3.05, 3.63) is 42.8 Å². The molecule has 0 aliphatic heterocycles. The van der Waals surface area contributed by atoms with E-state index in [1.165, 1.54) is 5.56 Å². The first kappa shape index (κ1) is 9.31. The molecule has 1 rings (SSSR count). The predicted molar refractivity (Wildman–Crippen MR) is 53.9 cm³/mol. The zero-order valence-corrected chi connectivity index (χ0v) is 8.01. The number of benzene rings is 1. The van der Waals surface area contributed by atoms with Crippen molar-refractivity contribution < 1.29 is 0 Å². The molecule has 0 aliphatic rings. The van der Waals surface area contributed by atoms with Crippen molar-refractivity contribution in [1.82, 2.24) is 0 Å². The van der Waals surface area contributed by atoms with Crippen molar-refractivity contribution >= 4 is 0 Å². The van der Waals surface area contributed by atoms with E-state index in [2.05, 4.69) is 51.1 Å². The van der Waals surface area contributed by atoms with Crippen LogP contribution in [0, 0.1) is 12.3 Å². The minimum absolute atomic E-state index is 0.335. The molecular weight excluding hydrogens is 144 g/mol. The van der Waals surface area contributed by atoms with E-state index in [0.717, 1.165) is 12.8 Å². The van der Waals surface area contributed by atoms with Crippen LogP contribution in [0.1, 0.15) is 25.8 Å². The summed E-state index contributed by atoms with van der Waals surface area (Å²) in [6, 6.07) is 10.6. The molecule has 0 aromatic heterocycles. The zero-order valence-electron chi connectivity index (χ0n) is 8.01. The van der Waals surface area contributed by atoms with E-state index in [1.807, 2.05) is 0 Å². The lowest BCUT2D eigenvalue weighted by atomic mass is 9.83. The highest BCUT2D eigenvalue weighted by Crippen LogP contribution is 2.24. The molecule has 65 valence electrons. The summed E-state index contributed by atoms with van der Waals surface area (Å²) in [5.74, 6) is 0. The molecule has 1 radical (unpaired) electrons. The van der Waals surface area contributed by atoms with Crippen LogP contribution < -0.4 is 0 Å². The molecular formula is C12H17. The highest BCUT2D eigenvalue weighted by Gasteiger charge is 2.14. The van der Waals surface area contributed by atoms with Crippen LogP contribution in [0.25, 0.3) is 0 Å². The van der Waals surface area contributed by atoms with Gasteiger partial charge in [-0.25, -0.2) is 0 Å². The van der Waals surface area contributed by atoms with E-state index in [1.54, 1.807) is 0 Å². The number of hydrogen-bond donors (Lipinski definition) is 0. The molecule has 0 N–H and O–H groups in total. The van der Waals surface area contributed by atoms with Gasteiger partial charge in [0.2, 0.25) is 0 Å². The highest BCUT2D eigenvalue weighted by atomic mass is 14.2.